The molecule has 26 heavy (non-hydrogen) atoms. The highest BCUT2D eigenvalue weighted by molar-refractivity contribution is 5.90. The minimum Gasteiger partial charge on any atom is -0.454 e. The fraction of sp³-hybridized carbons (Fsp3) is 0.158. The predicted octanol–water partition coefficient (Wildman–Crippen LogP) is 2.16. The zero-order chi connectivity index (χ0) is 18.5. The summed E-state index contributed by atoms with van der Waals surface area (Å²) in [7, 11) is 0. The molecule has 2 aromatic carbocycles. The first kappa shape index (κ1) is 17.5. The number of hydrogen-bond acceptors (Lipinski definition) is 5. The molecule has 2 amide bonds. The average molecular weight is 354 g/mol. The second-order valence-corrected chi connectivity index (χ2v) is 5.73. The highest BCUT2D eigenvalue weighted by Gasteiger charge is 2.20. The molecule has 0 aliphatic carbocycles. The molecule has 1 heterocycles. The number of nitrogens with one attached hydrogen (secondary N) is 2. The van der Waals surface area contributed by atoms with Gasteiger partial charge in [0.15, 0.2) is 11.5 Å². The Kier molecular flexibility index (Phi) is 5.19. The van der Waals surface area contributed by atoms with E-state index in [9.17, 15) is 9.59 Å². The van der Waals surface area contributed by atoms with Crippen molar-refractivity contribution in [1.29, 1.82) is 0 Å². The van der Waals surface area contributed by atoms with E-state index in [1.54, 1.807) is 6.08 Å². The quantitative estimate of drug-likeness (QED) is 0.434. The lowest BCUT2D eigenvalue weighted by molar-refractivity contribution is -0.124. The first-order chi connectivity index (χ1) is 12.6. The standard InChI is InChI=1S/C19H18N2O5/c1-12(22)20-19(15-6-7-16-17(10-15)26-11-25-16)14-4-2-3-13(9-14)5-8-18(23)21-24/h2-10,19,24H,11H2,1H3,(H,20,22)(H,21,23)/b8-5+. The highest BCUT2D eigenvalue weighted by atomic mass is 16.7. The van der Waals surface area contributed by atoms with Crippen LogP contribution >= 0.6 is 0 Å². The molecule has 0 fully saturated rings. The third kappa shape index (κ3) is 4.01. The van der Waals surface area contributed by atoms with Gasteiger partial charge >= 0.3 is 0 Å². The van der Waals surface area contributed by atoms with Gasteiger partial charge in [0.1, 0.15) is 0 Å². The average Bonchev–Trinajstić information content (AvgIpc) is 3.12. The number of hydroxylamine groups is 1. The van der Waals surface area contributed by atoms with Crippen molar-refractivity contribution in [3.8, 4) is 11.5 Å². The van der Waals surface area contributed by atoms with Gasteiger partial charge in [0, 0.05) is 13.0 Å². The van der Waals surface area contributed by atoms with Crippen LogP contribution in [0, 0.1) is 0 Å². The number of carbonyl (C=O) groups is 2. The van der Waals surface area contributed by atoms with Gasteiger partial charge in [-0.05, 0) is 41.0 Å². The summed E-state index contributed by atoms with van der Waals surface area (Å²) >= 11 is 0. The fourth-order valence-corrected chi connectivity index (χ4v) is 2.71. The molecule has 0 saturated carbocycles. The van der Waals surface area contributed by atoms with Crippen molar-refractivity contribution in [2.24, 2.45) is 0 Å². The van der Waals surface area contributed by atoms with Crippen molar-refractivity contribution in [3.05, 3.63) is 65.2 Å². The van der Waals surface area contributed by atoms with Crippen molar-refractivity contribution in [3.63, 3.8) is 0 Å². The van der Waals surface area contributed by atoms with Gasteiger partial charge in [0.25, 0.3) is 5.91 Å². The van der Waals surface area contributed by atoms with Crippen molar-refractivity contribution in [2.45, 2.75) is 13.0 Å². The Labute approximate surface area is 150 Å². The van der Waals surface area contributed by atoms with Gasteiger partial charge < -0.3 is 14.8 Å². The second-order valence-electron chi connectivity index (χ2n) is 5.73. The number of fused-ring (bicyclic) bond motifs is 1. The maximum absolute atomic E-state index is 11.7. The normalized spacial score (nSPS) is 13.5. The highest BCUT2D eigenvalue weighted by Crippen LogP contribution is 2.35. The van der Waals surface area contributed by atoms with Crippen LogP contribution in [0.4, 0.5) is 0 Å². The summed E-state index contributed by atoms with van der Waals surface area (Å²) in [5.74, 6) is 0.508. The second kappa shape index (κ2) is 7.71. The van der Waals surface area contributed by atoms with Crippen LogP contribution < -0.4 is 20.3 Å². The number of ether oxygens (including phenoxy) is 2. The van der Waals surface area contributed by atoms with E-state index in [0.717, 1.165) is 16.7 Å². The van der Waals surface area contributed by atoms with Crippen LogP contribution in [0.15, 0.2) is 48.5 Å². The van der Waals surface area contributed by atoms with E-state index in [1.165, 1.54) is 18.5 Å². The predicted molar refractivity (Wildman–Crippen MR) is 93.6 cm³/mol. The number of benzene rings is 2. The van der Waals surface area contributed by atoms with Crippen molar-refractivity contribution in [2.75, 3.05) is 6.79 Å². The molecular weight excluding hydrogens is 336 g/mol. The topological polar surface area (TPSA) is 96.9 Å². The Morgan fingerprint density at radius 2 is 1.88 bits per heavy atom. The maximum Gasteiger partial charge on any atom is 0.267 e. The van der Waals surface area contributed by atoms with Crippen LogP contribution in [-0.2, 0) is 9.59 Å². The van der Waals surface area contributed by atoms with Gasteiger partial charge in [-0.2, -0.15) is 0 Å². The molecule has 7 heteroatoms. The molecule has 0 saturated heterocycles. The Bertz CT molecular complexity index is 863. The zero-order valence-electron chi connectivity index (χ0n) is 14.1. The number of hydrogen-bond donors (Lipinski definition) is 3. The van der Waals surface area contributed by atoms with E-state index in [0.29, 0.717) is 11.5 Å². The van der Waals surface area contributed by atoms with Crippen LogP contribution in [0.1, 0.15) is 29.7 Å². The minimum absolute atomic E-state index is 0.173. The third-order valence-electron chi connectivity index (χ3n) is 3.86. The number of carbonyl (C=O) groups excluding carboxylic acids is 2. The Hall–Kier alpha value is -3.32. The molecule has 1 unspecified atom stereocenters. The van der Waals surface area contributed by atoms with Crippen LogP contribution in [0.2, 0.25) is 0 Å². The largest absolute Gasteiger partial charge is 0.454 e. The minimum atomic E-state index is -0.621. The summed E-state index contributed by atoms with van der Waals surface area (Å²) in [6, 6.07) is 12.5. The summed E-state index contributed by atoms with van der Waals surface area (Å²) < 4.78 is 10.7. The molecule has 0 radical (unpaired) electrons. The van der Waals surface area contributed by atoms with Crippen molar-refractivity contribution < 1.29 is 24.3 Å². The smallest absolute Gasteiger partial charge is 0.267 e. The molecule has 1 aliphatic heterocycles. The monoisotopic (exact) mass is 354 g/mol. The molecule has 1 atom stereocenters. The summed E-state index contributed by atoms with van der Waals surface area (Å²) in [5, 5.41) is 11.5. The third-order valence-corrected chi connectivity index (χ3v) is 3.86. The lowest BCUT2D eigenvalue weighted by atomic mass is 9.96. The first-order valence-electron chi connectivity index (χ1n) is 7.95. The molecule has 0 aromatic heterocycles. The van der Waals surface area contributed by atoms with Crippen molar-refractivity contribution >= 4 is 17.9 Å². The molecular formula is C19H18N2O5. The molecule has 134 valence electrons. The van der Waals surface area contributed by atoms with E-state index in [4.69, 9.17) is 14.7 Å². The van der Waals surface area contributed by atoms with Crippen LogP contribution in [0.5, 0.6) is 11.5 Å². The molecule has 1 aliphatic rings. The first-order valence-corrected chi connectivity index (χ1v) is 7.95. The summed E-state index contributed by atoms with van der Waals surface area (Å²) in [5.41, 5.74) is 3.98. The van der Waals surface area contributed by atoms with E-state index >= 15 is 0 Å². The molecule has 3 N–H and O–H groups in total. The van der Waals surface area contributed by atoms with Gasteiger partial charge in [0.2, 0.25) is 12.7 Å². The number of rotatable bonds is 5. The lowest BCUT2D eigenvalue weighted by Gasteiger charge is -2.20. The Morgan fingerprint density at radius 3 is 2.65 bits per heavy atom. The van der Waals surface area contributed by atoms with Crippen LogP contribution in [-0.4, -0.2) is 23.8 Å². The van der Waals surface area contributed by atoms with Gasteiger partial charge in [0.05, 0.1) is 6.04 Å². The summed E-state index contributed by atoms with van der Waals surface area (Å²) in [6.45, 7) is 1.63. The van der Waals surface area contributed by atoms with Crippen LogP contribution in [0.25, 0.3) is 6.08 Å². The van der Waals surface area contributed by atoms with E-state index in [1.807, 2.05) is 42.5 Å². The summed E-state index contributed by atoms with van der Waals surface area (Å²) in [6.07, 6.45) is 2.78. The van der Waals surface area contributed by atoms with E-state index in [2.05, 4.69) is 5.32 Å². The van der Waals surface area contributed by atoms with Gasteiger partial charge in [-0.3, -0.25) is 14.8 Å². The van der Waals surface area contributed by atoms with E-state index in [-0.39, 0.29) is 18.7 Å². The van der Waals surface area contributed by atoms with Crippen LogP contribution in [0.3, 0.4) is 0 Å². The molecule has 7 nitrogen and oxygen atoms in total. The fourth-order valence-electron chi connectivity index (χ4n) is 2.71. The Balaban J connectivity index is 1.94. The molecule has 2 aromatic rings. The van der Waals surface area contributed by atoms with Gasteiger partial charge in [-0.1, -0.05) is 24.3 Å². The SMILES string of the molecule is CC(=O)NC(c1cccc(/C=C/C(=O)NO)c1)c1ccc2c(c1)OCO2. The maximum atomic E-state index is 11.7. The van der Waals surface area contributed by atoms with Crippen molar-refractivity contribution in [1.82, 2.24) is 10.8 Å². The Morgan fingerprint density at radius 1 is 1.12 bits per heavy atom. The van der Waals surface area contributed by atoms with Gasteiger partial charge in [-0.15, -0.1) is 0 Å². The lowest BCUT2D eigenvalue weighted by Crippen LogP contribution is -2.26. The van der Waals surface area contributed by atoms with Gasteiger partial charge in [-0.25, -0.2) is 5.48 Å². The van der Waals surface area contributed by atoms with E-state index < -0.39 is 5.91 Å². The molecule has 0 spiro atoms. The summed E-state index contributed by atoms with van der Waals surface area (Å²) in [4.78, 5) is 22.9. The molecule has 0 bridgehead atoms. The zero-order valence-corrected chi connectivity index (χ0v) is 14.1. The number of amides is 2. The molecule has 3 rings (SSSR count).